The average Bonchev–Trinajstić information content (AvgIpc) is 2.32. The summed E-state index contributed by atoms with van der Waals surface area (Å²) in [6.45, 7) is 4.65. The molecule has 2 rings (SSSR count). The van der Waals surface area contributed by atoms with Crippen molar-refractivity contribution in [3.05, 3.63) is 23.8 Å². The first kappa shape index (κ1) is 14.6. The number of ether oxygens (including phenoxy) is 2. The summed E-state index contributed by atoms with van der Waals surface area (Å²) in [5.41, 5.74) is 6.51. The number of hydrogen-bond acceptors (Lipinski definition) is 5. The van der Waals surface area contributed by atoms with Crippen LogP contribution in [0.4, 0.5) is 5.69 Å². The largest absolute Gasteiger partial charge is 0.490 e. The fraction of sp³-hybridized carbons (Fsp3) is 0.417. The van der Waals surface area contributed by atoms with E-state index in [-0.39, 0.29) is 11.9 Å². The number of hydrogen-bond donors (Lipinski definition) is 2. The number of anilines is 1. The summed E-state index contributed by atoms with van der Waals surface area (Å²) in [6.07, 6.45) is 0.127. The molecule has 1 aliphatic heterocycles. The van der Waals surface area contributed by atoms with E-state index in [1.165, 1.54) is 0 Å². The van der Waals surface area contributed by atoms with Crippen molar-refractivity contribution >= 4 is 21.7 Å². The number of nitrogens with zero attached hydrogens (tertiary/aromatic N) is 1. The molecule has 1 aliphatic rings. The summed E-state index contributed by atoms with van der Waals surface area (Å²) < 4.78 is 39.5. The summed E-state index contributed by atoms with van der Waals surface area (Å²) in [5, 5.41) is 0. The lowest BCUT2D eigenvalue weighted by Crippen LogP contribution is -2.27. The number of rotatable bonds is 5. The first-order valence-electron chi connectivity index (χ1n) is 6.15. The van der Waals surface area contributed by atoms with Crippen LogP contribution in [0.2, 0.25) is 0 Å². The Kier molecular flexibility index (Phi) is 4.15. The van der Waals surface area contributed by atoms with Crippen LogP contribution in [-0.2, 0) is 14.9 Å². The third-order valence-corrected chi connectivity index (χ3v) is 3.45. The van der Waals surface area contributed by atoms with E-state index in [1.54, 1.807) is 18.2 Å². The highest BCUT2D eigenvalue weighted by Crippen LogP contribution is 2.30. The lowest BCUT2D eigenvalue weighted by molar-refractivity contribution is 0.0552. The van der Waals surface area contributed by atoms with Gasteiger partial charge in [0.05, 0.1) is 24.0 Å². The van der Waals surface area contributed by atoms with Crippen molar-refractivity contribution in [2.24, 2.45) is 10.1 Å². The van der Waals surface area contributed by atoms with Gasteiger partial charge in [-0.2, -0.15) is 8.42 Å². The summed E-state index contributed by atoms with van der Waals surface area (Å²) in [6, 6.07) is 4.99. The third kappa shape index (κ3) is 3.40. The molecule has 110 valence electrons. The van der Waals surface area contributed by atoms with Crippen LogP contribution in [0, 0.1) is 0 Å². The topological polar surface area (TPSA) is 103 Å². The van der Waals surface area contributed by atoms with Crippen LogP contribution in [-0.4, -0.2) is 33.6 Å². The molecule has 3 N–H and O–H groups in total. The highest BCUT2D eigenvalue weighted by molar-refractivity contribution is 7.91. The summed E-state index contributed by atoms with van der Waals surface area (Å²) in [4.78, 5) is 0. The van der Waals surface area contributed by atoms with E-state index in [0.29, 0.717) is 30.2 Å². The quantitative estimate of drug-likeness (QED) is 0.785. The van der Waals surface area contributed by atoms with Gasteiger partial charge in [0, 0.05) is 0 Å². The van der Waals surface area contributed by atoms with E-state index in [9.17, 15) is 8.42 Å². The van der Waals surface area contributed by atoms with Gasteiger partial charge in [-0.1, -0.05) is 6.07 Å². The van der Waals surface area contributed by atoms with E-state index < -0.39 is 10.2 Å². The van der Waals surface area contributed by atoms with Gasteiger partial charge in [0.2, 0.25) is 0 Å². The maximum absolute atomic E-state index is 11.4. The molecule has 0 amide bonds. The minimum atomic E-state index is -3.77. The van der Waals surface area contributed by atoms with E-state index in [1.807, 2.05) is 13.8 Å². The van der Waals surface area contributed by atoms with Gasteiger partial charge >= 0.3 is 10.2 Å². The Bertz CT molecular complexity index is 626. The highest BCUT2D eigenvalue weighted by atomic mass is 32.2. The second-order valence-corrected chi connectivity index (χ2v) is 5.84. The molecule has 0 atom stereocenters. The van der Waals surface area contributed by atoms with E-state index in [2.05, 4.69) is 9.12 Å². The van der Waals surface area contributed by atoms with Gasteiger partial charge in [0.15, 0.2) is 5.84 Å². The molecule has 0 radical (unpaired) electrons. The predicted molar refractivity (Wildman–Crippen MR) is 76.3 cm³/mol. The Morgan fingerprint density at radius 3 is 2.80 bits per heavy atom. The van der Waals surface area contributed by atoms with Gasteiger partial charge in [-0.25, -0.2) is 0 Å². The zero-order chi connectivity index (χ0) is 14.8. The predicted octanol–water partition coefficient (Wildman–Crippen LogP) is 0.866. The lowest BCUT2D eigenvalue weighted by Gasteiger charge is -2.19. The van der Waals surface area contributed by atoms with Crippen molar-refractivity contribution in [1.29, 1.82) is 0 Å². The number of nitrogens with one attached hydrogen (secondary N) is 1. The third-order valence-electron chi connectivity index (χ3n) is 2.53. The van der Waals surface area contributed by atoms with Crippen molar-refractivity contribution in [1.82, 2.24) is 0 Å². The SMILES string of the molecule is CC(C)OCCOc1cccc2c1C(N)=NS(=O)(=O)N2. The average molecular weight is 299 g/mol. The van der Waals surface area contributed by atoms with E-state index in [0.717, 1.165) is 0 Å². The van der Waals surface area contributed by atoms with Crippen LogP contribution in [0.5, 0.6) is 5.75 Å². The Morgan fingerprint density at radius 1 is 1.35 bits per heavy atom. The molecule has 0 saturated carbocycles. The second-order valence-electron chi connectivity index (χ2n) is 4.50. The Labute approximate surface area is 118 Å². The number of nitrogens with two attached hydrogens (primary N) is 1. The van der Waals surface area contributed by atoms with Crippen LogP contribution in [0.25, 0.3) is 0 Å². The molecule has 0 fully saturated rings. The molecule has 1 aromatic rings. The molecule has 0 bridgehead atoms. The van der Waals surface area contributed by atoms with Crippen LogP contribution in [0.15, 0.2) is 22.6 Å². The summed E-state index contributed by atoms with van der Waals surface area (Å²) in [5.74, 6) is 0.387. The van der Waals surface area contributed by atoms with Crippen LogP contribution < -0.4 is 15.2 Å². The molecule has 1 aromatic carbocycles. The Hall–Kier alpha value is -1.80. The molecule has 0 spiro atoms. The summed E-state index contributed by atoms with van der Waals surface area (Å²) in [7, 11) is -3.77. The molecule has 1 heterocycles. The summed E-state index contributed by atoms with van der Waals surface area (Å²) >= 11 is 0. The van der Waals surface area contributed by atoms with Crippen LogP contribution in [0.1, 0.15) is 19.4 Å². The number of fused-ring (bicyclic) bond motifs is 1. The van der Waals surface area contributed by atoms with Gasteiger partial charge < -0.3 is 15.2 Å². The van der Waals surface area contributed by atoms with Crippen molar-refractivity contribution in [3.8, 4) is 5.75 Å². The second kappa shape index (κ2) is 5.68. The standard InChI is InChI=1S/C12H17N3O4S/c1-8(2)18-6-7-19-10-5-3-4-9-11(10)12(13)15-20(16,17)14-9/h3-5,8,14H,6-7H2,1-2H3,(H2,13,15). The monoisotopic (exact) mass is 299 g/mol. The normalized spacial score (nSPS) is 16.2. The van der Waals surface area contributed by atoms with Gasteiger partial charge in [0.1, 0.15) is 12.4 Å². The molecular formula is C12H17N3O4S. The molecule has 0 saturated heterocycles. The highest BCUT2D eigenvalue weighted by Gasteiger charge is 2.24. The zero-order valence-electron chi connectivity index (χ0n) is 11.3. The molecule has 0 aliphatic carbocycles. The zero-order valence-corrected chi connectivity index (χ0v) is 12.1. The van der Waals surface area contributed by atoms with Gasteiger partial charge in [-0.15, -0.1) is 4.40 Å². The van der Waals surface area contributed by atoms with Gasteiger partial charge in [-0.05, 0) is 26.0 Å². The first-order valence-corrected chi connectivity index (χ1v) is 7.59. The van der Waals surface area contributed by atoms with Crippen LogP contribution >= 0.6 is 0 Å². The lowest BCUT2D eigenvalue weighted by atomic mass is 10.1. The maximum atomic E-state index is 11.4. The van der Waals surface area contributed by atoms with Crippen molar-refractivity contribution in [2.75, 3.05) is 17.9 Å². The molecule has 0 unspecified atom stereocenters. The Morgan fingerprint density at radius 2 is 2.10 bits per heavy atom. The molecule has 8 heteroatoms. The molecular weight excluding hydrogens is 282 g/mol. The number of benzene rings is 1. The fourth-order valence-corrected chi connectivity index (χ4v) is 2.62. The van der Waals surface area contributed by atoms with Crippen LogP contribution in [0.3, 0.4) is 0 Å². The molecule has 20 heavy (non-hydrogen) atoms. The number of amidine groups is 1. The first-order chi connectivity index (χ1) is 9.39. The minimum absolute atomic E-state index is 0.0841. The molecule has 0 aromatic heterocycles. The molecule has 7 nitrogen and oxygen atoms in total. The Balaban J connectivity index is 2.17. The van der Waals surface area contributed by atoms with Crippen molar-refractivity contribution in [2.45, 2.75) is 20.0 Å². The van der Waals surface area contributed by atoms with Gasteiger partial charge in [-0.3, -0.25) is 4.72 Å². The fourth-order valence-electron chi connectivity index (χ4n) is 1.77. The minimum Gasteiger partial charge on any atom is -0.490 e. The van der Waals surface area contributed by atoms with E-state index in [4.69, 9.17) is 15.2 Å². The van der Waals surface area contributed by atoms with Crippen molar-refractivity contribution in [3.63, 3.8) is 0 Å². The smallest absolute Gasteiger partial charge is 0.344 e. The van der Waals surface area contributed by atoms with Gasteiger partial charge in [0.25, 0.3) is 0 Å². The van der Waals surface area contributed by atoms with E-state index >= 15 is 0 Å². The maximum Gasteiger partial charge on any atom is 0.344 e. The van der Waals surface area contributed by atoms with Crippen molar-refractivity contribution < 1.29 is 17.9 Å².